The van der Waals surface area contributed by atoms with Crippen molar-refractivity contribution in [3.8, 4) is 0 Å². The minimum atomic E-state index is -0.327. The second-order valence-corrected chi connectivity index (χ2v) is 4.50. The molecule has 1 aromatic carbocycles. The van der Waals surface area contributed by atoms with Crippen molar-refractivity contribution in [2.24, 2.45) is 0 Å². The van der Waals surface area contributed by atoms with Gasteiger partial charge in [0.05, 0.1) is 31.6 Å². The minimum absolute atomic E-state index is 0.00902. The fraction of sp³-hybridized carbons (Fsp3) is 0.273. The molecule has 0 spiro atoms. The number of nitrogens with one attached hydrogen (secondary N) is 1. The lowest BCUT2D eigenvalue weighted by Crippen LogP contribution is -2.03. The van der Waals surface area contributed by atoms with Crippen LogP contribution in [0.25, 0.3) is 0 Å². The van der Waals surface area contributed by atoms with Crippen molar-refractivity contribution in [1.29, 1.82) is 0 Å². The van der Waals surface area contributed by atoms with Crippen LogP contribution in [0.4, 0.5) is 10.1 Å². The molecular formula is C11H12BrFN4O. The number of halogens is 2. The van der Waals surface area contributed by atoms with E-state index in [4.69, 9.17) is 5.11 Å². The van der Waals surface area contributed by atoms with Crippen LogP contribution in [-0.4, -0.2) is 26.7 Å². The molecule has 0 aliphatic rings. The van der Waals surface area contributed by atoms with Gasteiger partial charge in [0.25, 0.3) is 0 Å². The molecule has 18 heavy (non-hydrogen) atoms. The molecule has 0 aliphatic heterocycles. The Balaban J connectivity index is 2.02. The Labute approximate surface area is 112 Å². The maximum absolute atomic E-state index is 13.5. The number of nitrogens with zero attached hydrogens (tertiary/aromatic N) is 3. The SMILES string of the molecule is OCCn1cc(CNc2c(F)cccc2Br)nn1. The Morgan fingerprint density at radius 2 is 2.28 bits per heavy atom. The van der Waals surface area contributed by atoms with Gasteiger partial charge in [0.1, 0.15) is 11.5 Å². The van der Waals surface area contributed by atoms with Gasteiger partial charge in [-0.2, -0.15) is 0 Å². The van der Waals surface area contributed by atoms with Crippen molar-refractivity contribution in [3.05, 3.63) is 40.4 Å². The summed E-state index contributed by atoms with van der Waals surface area (Å²) in [5.41, 5.74) is 1.08. The number of aliphatic hydroxyl groups excluding tert-OH is 1. The fourth-order valence-electron chi connectivity index (χ4n) is 1.48. The van der Waals surface area contributed by atoms with E-state index in [0.29, 0.717) is 28.9 Å². The predicted octanol–water partition coefficient (Wildman–Crippen LogP) is 1.78. The third kappa shape index (κ3) is 3.05. The van der Waals surface area contributed by atoms with Crippen LogP contribution in [0.3, 0.4) is 0 Å². The Morgan fingerprint density at radius 1 is 1.44 bits per heavy atom. The molecule has 0 aliphatic carbocycles. The zero-order valence-electron chi connectivity index (χ0n) is 9.48. The van der Waals surface area contributed by atoms with E-state index in [0.717, 1.165) is 0 Å². The summed E-state index contributed by atoms with van der Waals surface area (Å²) < 4.78 is 15.7. The number of rotatable bonds is 5. The highest BCUT2D eigenvalue weighted by Gasteiger charge is 2.07. The summed E-state index contributed by atoms with van der Waals surface area (Å²) in [6, 6.07) is 4.77. The maximum Gasteiger partial charge on any atom is 0.147 e. The molecule has 0 amide bonds. The van der Waals surface area contributed by atoms with E-state index in [1.807, 2.05) is 0 Å². The summed E-state index contributed by atoms with van der Waals surface area (Å²) in [7, 11) is 0. The van der Waals surface area contributed by atoms with Crippen LogP contribution in [0, 0.1) is 5.82 Å². The highest BCUT2D eigenvalue weighted by molar-refractivity contribution is 9.10. The predicted molar refractivity (Wildman–Crippen MR) is 68.5 cm³/mol. The molecule has 96 valence electrons. The molecule has 1 heterocycles. The summed E-state index contributed by atoms with van der Waals surface area (Å²) in [5.74, 6) is -0.327. The second-order valence-electron chi connectivity index (χ2n) is 3.65. The first-order valence-corrected chi connectivity index (χ1v) is 6.18. The van der Waals surface area contributed by atoms with Crippen LogP contribution >= 0.6 is 15.9 Å². The van der Waals surface area contributed by atoms with Gasteiger partial charge >= 0.3 is 0 Å². The second kappa shape index (κ2) is 5.92. The third-order valence-electron chi connectivity index (χ3n) is 2.32. The molecule has 0 bridgehead atoms. The molecule has 2 aromatic rings. The molecule has 1 aromatic heterocycles. The quantitative estimate of drug-likeness (QED) is 0.883. The third-order valence-corrected chi connectivity index (χ3v) is 2.99. The van der Waals surface area contributed by atoms with Crippen molar-refractivity contribution in [3.63, 3.8) is 0 Å². The van der Waals surface area contributed by atoms with E-state index in [-0.39, 0.29) is 12.4 Å². The number of hydrogen-bond donors (Lipinski definition) is 2. The first-order valence-electron chi connectivity index (χ1n) is 5.38. The highest BCUT2D eigenvalue weighted by atomic mass is 79.9. The monoisotopic (exact) mass is 314 g/mol. The van der Waals surface area contributed by atoms with Gasteiger partial charge in [-0.3, -0.25) is 0 Å². The molecule has 0 unspecified atom stereocenters. The van der Waals surface area contributed by atoms with Gasteiger partial charge < -0.3 is 10.4 Å². The van der Waals surface area contributed by atoms with Gasteiger partial charge in [0, 0.05) is 4.47 Å². The summed E-state index contributed by atoms with van der Waals surface area (Å²) in [6.07, 6.45) is 1.71. The Bertz CT molecular complexity index is 511. The van der Waals surface area contributed by atoms with E-state index >= 15 is 0 Å². The highest BCUT2D eigenvalue weighted by Crippen LogP contribution is 2.25. The topological polar surface area (TPSA) is 63.0 Å². The average molecular weight is 315 g/mol. The molecule has 0 saturated carbocycles. The Morgan fingerprint density at radius 3 is 3.00 bits per heavy atom. The van der Waals surface area contributed by atoms with E-state index < -0.39 is 0 Å². The van der Waals surface area contributed by atoms with Crippen LogP contribution in [0.2, 0.25) is 0 Å². The Hall–Kier alpha value is -1.47. The molecule has 2 rings (SSSR count). The fourth-order valence-corrected chi connectivity index (χ4v) is 1.96. The molecule has 0 saturated heterocycles. The summed E-state index contributed by atoms with van der Waals surface area (Å²) in [4.78, 5) is 0. The van der Waals surface area contributed by atoms with Gasteiger partial charge in [-0.05, 0) is 28.1 Å². The molecule has 0 fully saturated rings. The number of aliphatic hydroxyl groups is 1. The van der Waals surface area contributed by atoms with Crippen molar-refractivity contribution in [2.75, 3.05) is 11.9 Å². The summed E-state index contributed by atoms with van der Waals surface area (Å²) >= 11 is 3.27. The smallest absolute Gasteiger partial charge is 0.147 e. The van der Waals surface area contributed by atoms with Gasteiger partial charge in [-0.1, -0.05) is 11.3 Å². The number of para-hydroxylation sites is 1. The molecule has 7 heteroatoms. The van der Waals surface area contributed by atoms with Gasteiger partial charge in [-0.25, -0.2) is 9.07 Å². The van der Waals surface area contributed by atoms with Crippen LogP contribution in [0.15, 0.2) is 28.9 Å². The van der Waals surface area contributed by atoms with E-state index in [1.165, 1.54) is 10.7 Å². The molecule has 2 N–H and O–H groups in total. The zero-order chi connectivity index (χ0) is 13.0. The lowest BCUT2D eigenvalue weighted by Gasteiger charge is -2.07. The van der Waals surface area contributed by atoms with Crippen molar-refractivity contribution >= 4 is 21.6 Å². The molecule has 0 radical (unpaired) electrons. The maximum atomic E-state index is 13.5. The lowest BCUT2D eigenvalue weighted by molar-refractivity contribution is 0.268. The first-order chi connectivity index (χ1) is 8.70. The summed E-state index contributed by atoms with van der Waals surface area (Å²) in [6.45, 7) is 0.774. The largest absolute Gasteiger partial charge is 0.394 e. The lowest BCUT2D eigenvalue weighted by atomic mass is 10.3. The van der Waals surface area contributed by atoms with Gasteiger partial charge in [-0.15, -0.1) is 5.10 Å². The van der Waals surface area contributed by atoms with Crippen molar-refractivity contribution in [1.82, 2.24) is 15.0 Å². The zero-order valence-corrected chi connectivity index (χ0v) is 11.1. The molecular weight excluding hydrogens is 303 g/mol. The van der Waals surface area contributed by atoms with Gasteiger partial charge in [0.15, 0.2) is 0 Å². The van der Waals surface area contributed by atoms with Crippen LogP contribution in [0.1, 0.15) is 5.69 Å². The van der Waals surface area contributed by atoms with Crippen molar-refractivity contribution < 1.29 is 9.50 Å². The minimum Gasteiger partial charge on any atom is -0.394 e. The molecule has 0 atom stereocenters. The van der Waals surface area contributed by atoms with Gasteiger partial charge in [0.2, 0.25) is 0 Å². The number of aromatic nitrogens is 3. The van der Waals surface area contributed by atoms with E-state index in [9.17, 15) is 4.39 Å². The van der Waals surface area contributed by atoms with Crippen molar-refractivity contribution in [2.45, 2.75) is 13.1 Å². The number of anilines is 1. The van der Waals surface area contributed by atoms with Crippen LogP contribution < -0.4 is 5.32 Å². The van der Waals surface area contributed by atoms with E-state index in [2.05, 4.69) is 31.6 Å². The molecule has 5 nitrogen and oxygen atoms in total. The normalized spacial score (nSPS) is 10.6. The Kier molecular flexibility index (Phi) is 4.27. The van der Waals surface area contributed by atoms with E-state index in [1.54, 1.807) is 18.3 Å². The summed E-state index contributed by atoms with van der Waals surface area (Å²) in [5, 5.41) is 19.4. The number of hydrogen-bond acceptors (Lipinski definition) is 4. The first kappa shape index (κ1) is 13.0. The van der Waals surface area contributed by atoms with Crippen LogP contribution in [-0.2, 0) is 13.1 Å². The standard InChI is InChI=1S/C11H12BrFN4O/c12-9-2-1-3-10(13)11(9)14-6-8-7-17(4-5-18)16-15-8/h1-3,7,14,18H,4-6H2. The van der Waals surface area contributed by atoms with Crippen LogP contribution in [0.5, 0.6) is 0 Å². The average Bonchev–Trinajstić information content (AvgIpc) is 2.77. The number of benzene rings is 1.